The van der Waals surface area contributed by atoms with E-state index in [4.69, 9.17) is 11.2 Å². The van der Waals surface area contributed by atoms with E-state index >= 15 is 0 Å². The Kier molecular flexibility index (Phi) is 5.14. The minimum Gasteiger partial charge on any atom is -0.463 e. The molecule has 0 radical (unpaired) electrons. The Labute approximate surface area is 154 Å². The van der Waals surface area contributed by atoms with E-state index in [2.05, 4.69) is 21.2 Å². The number of carbonyl (C=O) groups excluding carboxylic acids is 1. The number of hydrogen-bond donors (Lipinski definition) is 1. The quantitative estimate of drug-likeness (QED) is 0.664. The molecule has 0 amide bonds. The Hall–Kier alpha value is -2.98. The van der Waals surface area contributed by atoms with Gasteiger partial charge in [-0.05, 0) is 25.5 Å². The highest BCUT2D eigenvalue weighted by Gasteiger charge is 2.32. The number of esters is 1. The van der Waals surface area contributed by atoms with Crippen LogP contribution in [0.2, 0.25) is 0 Å². The Morgan fingerprint density at radius 2 is 2.31 bits per heavy atom. The van der Waals surface area contributed by atoms with Crippen molar-refractivity contribution in [2.45, 2.75) is 19.9 Å². The van der Waals surface area contributed by atoms with Crippen LogP contribution >= 0.6 is 11.3 Å². The zero-order chi connectivity index (χ0) is 18.7. The molecule has 1 aromatic heterocycles. The Morgan fingerprint density at radius 1 is 1.50 bits per heavy atom. The smallest absolute Gasteiger partial charge is 0.338 e. The van der Waals surface area contributed by atoms with Gasteiger partial charge in [0.05, 0.1) is 17.7 Å². The second kappa shape index (κ2) is 7.50. The van der Waals surface area contributed by atoms with Gasteiger partial charge in [0, 0.05) is 17.3 Å². The molecule has 2 heterocycles. The predicted octanol–water partition coefficient (Wildman–Crippen LogP) is 3.19. The lowest BCUT2D eigenvalue weighted by Crippen LogP contribution is -2.33. The van der Waals surface area contributed by atoms with E-state index in [9.17, 15) is 9.18 Å². The number of terminal acetylenes is 1. The van der Waals surface area contributed by atoms with Crippen LogP contribution in [0.4, 0.5) is 4.39 Å². The highest BCUT2D eigenvalue weighted by molar-refractivity contribution is 7.11. The summed E-state index contributed by atoms with van der Waals surface area (Å²) in [5.74, 6) is 1.82. The molecule has 0 saturated carbocycles. The SMILES string of the molecule is C#Cc1c(F)cccc1C1N=C(c2nccs2)NC(C)=C1C(=O)OCC. The molecule has 0 fully saturated rings. The summed E-state index contributed by atoms with van der Waals surface area (Å²) in [7, 11) is 0. The first kappa shape index (κ1) is 17.8. The highest BCUT2D eigenvalue weighted by atomic mass is 32.1. The lowest BCUT2D eigenvalue weighted by atomic mass is 9.92. The van der Waals surface area contributed by atoms with Gasteiger partial charge >= 0.3 is 5.97 Å². The van der Waals surface area contributed by atoms with Crippen molar-refractivity contribution in [3.63, 3.8) is 0 Å². The van der Waals surface area contributed by atoms with Crippen LogP contribution in [0.1, 0.15) is 36.0 Å². The van der Waals surface area contributed by atoms with Crippen LogP contribution in [0.3, 0.4) is 0 Å². The van der Waals surface area contributed by atoms with Gasteiger partial charge in [-0.25, -0.2) is 14.2 Å². The number of aromatic nitrogens is 1. The van der Waals surface area contributed by atoms with E-state index in [0.717, 1.165) is 0 Å². The first-order chi connectivity index (χ1) is 12.6. The number of rotatable bonds is 4. The van der Waals surface area contributed by atoms with Crippen LogP contribution in [-0.2, 0) is 9.53 Å². The van der Waals surface area contributed by atoms with Crippen LogP contribution in [0.5, 0.6) is 0 Å². The molecule has 0 aliphatic carbocycles. The lowest BCUT2D eigenvalue weighted by Gasteiger charge is -2.26. The number of aliphatic imine (C=N–C) groups is 1. The van der Waals surface area contributed by atoms with Crippen molar-refractivity contribution in [2.75, 3.05) is 6.61 Å². The number of amidine groups is 1. The number of nitrogens with zero attached hydrogens (tertiary/aromatic N) is 2. The second-order valence-electron chi connectivity index (χ2n) is 5.45. The topological polar surface area (TPSA) is 63.6 Å². The van der Waals surface area contributed by atoms with Crippen molar-refractivity contribution in [2.24, 2.45) is 4.99 Å². The van der Waals surface area contributed by atoms with Gasteiger partial charge in [-0.1, -0.05) is 18.1 Å². The summed E-state index contributed by atoms with van der Waals surface area (Å²) >= 11 is 1.40. The molecule has 3 rings (SSSR count). The minimum absolute atomic E-state index is 0.0798. The summed E-state index contributed by atoms with van der Waals surface area (Å²) in [6.07, 6.45) is 7.17. The van der Waals surface area contributed by atoms with Gasteiger partial charge in [0.2, 0.25) is 0 Å². The summed E-state index contributed by atoms with van der Waals surface area (Å²) in [6.45, 7) is 3.69. The average molecular weight is 369 g/mol. The molecule has 0 spiro atoms. The molecule has 1 aliphatic rings. The lowest BCUT2D eigenvalue weighted by molar-refractivity contribution is -0.138. The zero-order valence-electron chi connectivity index (χ0n) is 14.2. The van der Waals surface area contributed by atoms with Gasteiger partial charge in [-0.3, -0.25) is 4.99 Å². The molecule has 0 saturated heterocycles. The number of thiazole rings is 1. The third-order valence-electron chi connectivity index (χ3n) is 3.86. The van der Waals surface area contributed by atoms with E-state index in [-0.39, 0.29) is 12.2 Å². The summed E-state index contributed by atoms with van der Waals surface area (Å²) in [6, 6.07) is 3.72. The summed E-state index contributed by atoms with van der Waals surface area (Å²) < 4.78 is 19.4. The maximum atomic E-state index is 14.2. The van der Waals surface area contributed by atoms with Gasteiger partial charge in [0.1, 0.15) is 11.9 Å². The fourth-order valence-electron chi connectivity index (χ4n) is 2.74. The zero-order valence-corrected chi connectivity index (χ0v) is 15.1. The predicted molar refractivity (Wildman–Crippen MR) is 98.2 cm³/mol. The van der Waals surface area contributed by atoms with Crippen LogP contribution in [0.15, 0.2) is 46.0 Å². The summed E-state index contributed by atoms with van der Waals surface area (Å²) in [4.78, 5) is 21.4. The molecular weight excluding hydrogens is 353 g/mol. The van der Waals surface area contributed by atoms with Crippen molar-refractivity contribution in [3.05, 3.63) is 63.0 Å². The molecular formula is C19H16FN3O2S. The van der Waals surface area contributed by atoms with Crippen LogP contribution in [0, 0.1) is 18.2 Å². The molecule has 26 heavy (non-hydrogen) atoms. The van der Waals surface area contributed by atoms with E-state index < -0.39 is 17.8 Å². The number of carbonyl (C=O) groups is 1. The van der Waals surface area contributed by atoms with Gasteiger partial charge in [0.25, 0.3) is 0 Å². The Morgan fingerprint density at radius 3 is 2.96 bits per heavy atom. The Balaban J connectivity index is 2.18. The molecule has 1 atom stereocenters. The Bertz CT molecular complexity index is 942. The molecule has 7 heteroatoms. The van der Waals surface area contributed by atoms with Crippen molar-refractivity contribution >= 4 is 23.1 Å². The molecule has 1 aromatic carbocycles. The monoisotopic (exact) mass is 369 g/mol. The fraction of sp³-hybridized carbons (Fsp3) is 0.211. The van der Waals surface area contributed by atoms with Gasteiger partial charge in [-0.2, -0.15) is 0 Å². The van der Waals surface area contributed by atoms with E-state index in [1.165, 1.54) is 17.4 Å². The molecule has 132 valence electrons. The van der Waals surface area contributed by atoms with Gasteiger partial charge in [0.15, 0.2) is 10.8 Å². The number of allylic oxidation sites excluding steroid dienone is 1. The number of ether oxygens (including phenoxy) is 1. The third kappa shape index (κ3) is 3.24. The number of hydrogen-bond acceptors (Lipinski definition) is 6. The molecule has 1 aliphatic heterocycles. The average Bonchev–Trinajstić information content (AvgIpc) is 3.15. The standard InChI is InChI=1S/C19H16FN3O2S/c1-4-12-13(7-6-8-14(12)20)16-15(19(24)25-5-2)11(3)22-17(23-16)18-21-9-10-26-18/h1,6-10,16H,5H2,2-3H3,(H,22,23). The molecule has 0 bridgehead atoms. The summed E-state index contributed by atoms with van der Waals surface area (Å²) in [5, 5.41) is 5.58. The minimum atomic E-state index is -0.782. The maximum Gasteiger partial charge on any atom is 0.338 e. The van der Waals surface area contributed by atoms with E-state index in [0.29, 0.717) is 27.7 Å². The van der Waals surface area contributed by atoms with Gasteiger partial charge < -0.3 is 10.1 Å². The van der Waals surface area contributed by atoms with E-state index in [1.807, 2.05) is 5.38 Å². The van der Waals surface area contributed by atoms with Crippen molar-refractivity contribution < 1.29 is 13.9 Å². The second-order valence-corrected chi connectivity index (χ2v) is 6.34. The normalized spacial score (nSPS) is 16.5. The number of halogens is 1. The fourth-order valence-corrected chi connectivity index (χ4v) is 3.33. The highest BCUT2D eigenvalue weighted by Crippen LogP contribution is 2.34. The van der Waals surface area contributed by atoms with Crippen LogP contribution in [0.25, 0.3) is 0 Å². The number of nitrogens with one attached hydrogen (secondary N) is 1. The summed E-state index contributed by atoms with van der Waals surface area (Å²) in [5.41, 5.74) is 1.39. The van der Waals surface area contributed by atoms with Crippen molar-refractivity contribution in [1.29, 1.82) is 0 Å². The molecule has 5 nitrogen and oxygen atoms in total. The van der Waals surface area contributed by atoms with Crippen molar-refractivity contribution in [3.8, 4) is 12.3 Å². The van der Waals surface area contributed by atoms with E-state index in [1.54, 1.807) is 32.2 Å². The number of benzene rings is 1. The van der Waals surface area contributed by atoms with Crippen LogP contribution < -0.4 is 5.32 Å². The first-order valence-electron chi connectivity index (χ1n) is 7.94. The molecule has 2 aromatic rings. The molecule has 1 unspecified atom stereocenters. The van der Waals surface area contributed by atoms with Crippen molar-refractivity contribution in [1.82, 2.24) is 10.3 Å². The third-order valence-corrected chi connectivity index (χ3v) is 4.64. The van der Waals surface area contributed by atoms with Gasteiger partial charge in [-0.15, -0.1) is 17.8 Å². The van der Waals surface area contributed by atoms with Crippen LogP contribution in [-0.4, -0.2) is 23.4 Å². The largest absolute Gasteiger partial charge is 0.463 e. The molecule has 1 N–H and O–H groups in total. The maximum absolute atomic E-state index is 14.2. The first-order valence-corrected chi connectivity index (χ1v) is 8.82.